The van der Waals surface area contributed by atoms with E-state index in [1.165, 1.54) is 6.92 Å². The molecule has 0 bridgehead atoms. The number of carbonyl (C=O) groups excluding carboxylic acids is 2. The third kappa shape index (κ3) is 4.62. The van der Waals surface area contributed by atoms with E-state index in [2.05, 4.69) is 11.9 Å². The summed E-state index contributed by atoms with van der Waals surface area (Å²) in [7, 11) is 0. The number of ether oxygens (including phenoxy) is 1. The van der Waals surface area contributed by atoms with E-state index in [0.29, 0.717) is 13.1 Å². The molecule has 0 saturated carbocycles. The summed E-state index contributed by atoms with van der Waals surface area (Å²) < 4.78 is 5.20. The van der Waals surface area contributed by atoms with E-state index in [9.17, 15) is 9.59 Å². The van der Waals surface area contributed by atoms with E-state index in [1.54, 1.807) is 17.1 Å². The highest BCUT2D eigenvalue weighted by atomic mass is 16.6. The van der Waals surface area contributed by atoms with Crippen LogP contribution in [0.3, 0.4) is 0 Å². The molecule has 0 radical (unpaired) electrons. The third-order valence-corrected chi connectivity index (χ3v) is 2.49. The van der Waals surface area contributed by atoms with Gasteiger partial charge in [-0.05, 0) is 26.0 Å². The molecule has 2 amide bonds. The maximum Gasteiger partial charge on any atom is 0.414 e. The van der Waals surface area contributed by atoms with Gasteiger partial charge in [0, 0.05) is 12.6 Å². The molecule has 5 nitrogen and oxygen atoms in total. The summed E-state index contributed by atoms with van der Waals surface area (Å²) in [5, 5.41) is 2.64. The highest BCUT2D eigenvalue weighted by molar-refractivity contribution is 5.74. The Hall–Kier alpha value is -2.04. The van der Waals surface area contributed by atoms with Crippen LogP contribution in [0.15, 0.2) is 36.1 Å². The zero-order valence-electron chi connectivity index (χ0n) is 11.6. The zero-order chi connectivity index (χ0) is 14.4. The first-order valence-corrected chi connectivity index (χ1v) is 6.14. The second-order valence-corrected chi connectivity index (χ2v) is 4.60. The van der Waals surface area contributed by atoms with Crippen LogP contribution in [-0.4, -0.2) is 36.1 Å². The Kier molecular flexibility index (Phi) is 5.36. The Morgan fingerprint density at radius 2 is 2.21 bits per heavy atom. The van der Waals surface area contributed by atoms with E-state index in [4.69, 9.17) is 4.74 Å². The van der Waals surface area contributed by atoms with Crippen LogP contribution in [0.2, 0.25) is 0 Å². The van der Waals surface area contributed by atoms with Crippen LogP contribution in [0, 0.1) is 0 Å². The summed E-state index contributed by atoms with van der Waals surface area (Å²) in [5.74, 6) is -0.138. The lowest BCUT2D eigenvalue weighted by molar-refractivity contribution is -0.119. The summed E-state index contributed by atoms with van der Waals surface area (Å²) in [6.07, 6.45) is 4.55. The van der Waals surface area contributed by atoms with Crippen LogP contribution in [0.5, 0.6) is 0 Å². The van der Waals surface area contributed by atoms with Gasteiger partial charge in [-0.1, -0.05) is 18.2 Å². The molecule has 19 heavy (non-hydrogen) atoms. The summed E-state index contributed by atoms with van der Waals surface area (Å²) >= 11 is 0. The van der Waals surface area contributed by atoms with Crippen LogP contribution in [0.4, 0.5) is 4.79 Å². The molecule has 0 aliphatic carbocycles. The maximum atomic E-state index is 11.8. The van der Waals surface area contributed by atoms with Crippen molar-refractivity contribution in [2.75, 3.05) is 13.1 Å². The fourth-order valence-electron chi connectivity index (χ4n) is 1.73. The lowest BCUT2D eigenvalue weighted by Crippen LogP contribution is -2.33. The Balaban J connectivity index is 2.75. The third-order valence-electron chi connectivity index (χ3n) is 2.49. The number of allylic oxidation sites excluding steroid dienone is 4. The molecule has 1 saturated heterocycles. The lowest BCUT2D eigenvalue weighted by Gasteiger charge is -2.14. The predicted molar refractivity (Wildman–Crippen MR) is 73.4 cm³/mol. The maximum absolute atomic E-state index is 11.8. The molecular weight excluding hydrogens is 244 g/mol. The summed E-state index contributed by atoms with van der Waals surface area (Å²) in [4.78, 5) is 24.2. The van der Waals surface area contributed by atoms with Crippen LogP contribution in [-0.2, 0) is 9.53 Å². The molecule has 1 aliphatic heterocycles. The summed E-state index contributed by atoms with van der Waals surface area (Å²) in [6.45, 7) is 9.72. The summed E-state index contributed by atoms with van der Waals surface area (Å²) in [5.41, 5.74) is 1.82. The van der Waals surface area contributed by atoms with Crippen molar-refractivity contribution in [3.05, 3.63) is 36.1 Å². The molecule has 0 aromatic rings. The van der Waals surface area contributed by atoms with Gasteiger partial charge < -0.3 is 10.1 Å². The van der Waals surface area contributed by atoms with Crippen molar-refractivity contribution in [1.82, 2.24) is 10.2 Å². The topological polar surface area (TPSA) is 58.6 Å². The van der Waals surface area contributed by atoms with Crippen LogP contribution in [0.1, 0.15) is 20.8 Å². The van der Waals surface area contributed by atoms with Crippen molar-refractivity contribution in [2.45, 2.75) is 26.9 Å². The van der Waals surface area contributed by atoms with Crippen molar-refractivity contribution in [3.63, 3.8) is 0 Å². The first kappa shape index (κ1) is 15.0. The number of carbonyl (C=O) groups is 2. The second-order valence-electron chi connectivity index (χ2n) is 4.60. The van der Waals surface area contributed by atoms with Gasteiger partial charge in [-0.2, -0.15) is 0 Å². The Labute approximate surface area is 113 Å². The normalized spacial score (nSPS) is 18.9. The Morgan fingerprint density at radius 3 is 2.74 bits per heavy atom. The lowest BCUT2D eigenvalue weighted by atomic mass is 10.2. The highest BCUT2D eigenvalue weighted by Crippen LogP contribution is 2.19. The van der Waals surface area contributed by atoms with Gasteiger partial charge in [0.25, 0.3) is 0 Å². The number of rotatable bonds is 5. The number of nitrogens with one attached hydrogen (secondary N) is 1. The number of hydrogen-bond donors (Lipinski definition) is 1. The first-order chi connectivity index (χ1) is 8.93. The SMILES string of the molecule is C=CC=C(C=C(C)C)N1CC(CNC(C)=O)OC1=O. The van der Waals surface area contributed by atoms with Crippen LogP contribution < -0.4 is 5.32 Å². The van der Waals surface area contributed by atoms with Crippen molar-refractivity contribution in [1.29, 1.82) is 0 Å². The Morgan fingerprint density at radius 1 is 1.53 bits per heavy atom. The quantitative estimate of drug-likeness (QED) is 0.772. The minimum atomic E-state index is -0.402. The van der Waals surface area contributed by atoms with E-state index in [-0.39, 0.29) is 12.0 Å². The number of hydrogen-bond acceptors (Lipinski definition) is 3. The monoisotopic (exact) mass is 264 g/mol. The minimum absolute atomic E-state index is 0.138. The van der Waals surface area contributed by atoms with Crippen molar-refractivity contribution >= 4 is 12.0 Å². The molecule has 1 fully saturated rings. The van der Waals surface area contributed by atoms with Gasteiger partial charge in [-0.3, -0.25) is 9.69 Å². The van der Waals surface area contributed by atoms with Gasteiger partial charge in [-0.25, -0.2) is 4.79 Å². The molecule has 1 heterocycles. The summed E-state index contributed by atoms with van der Waals surface area (Å²) in [6, 6.07) is 0. The van der Waals surface area contributed by atoms with Gasteiger partial charge in [0.1, 0.15) is 6.10 Å². The van der Waals surface area contributed by atoms with Gasteiger partial charge >= 0.3 is 6.09 Å². The number of cyclic esters (lactones) is 1. The predicted octanol–water partition coefficient (Wildman–Crippen LogP) is 1.98. The number of amides is 2. The van der Waals surface area contributed by atoms with Crippen molar-refractivity contribution in [3.8, 4) is 0 Å². The molecule has 0 aromatic heterocycles. The molecule has 1 atom stereocenters. The van der Waals surface area contributed by atoms with E-state index >= 15 is 0 Å². The van der Waals surface area contributed by atoms with Gasteiger partial charge in [0.2, 0.25) is 5.91 Å². The molecule has 5 heteroatoms. The van der Waals surface area contributed by atoms with E-state index in [0.717, 1.165) is 11.3 Å². The van der Waals surface area contributed by atoms with Crippen molar-refractivity contribution in [2.24, 2.45) is 0 Å². The average Bonchev–Trinajstić information content (AvgIpc) is 2.67. The molecule has 0 spiro atoms. The molecule has 1 aliphatic rings. The molecular formula is C14H20N2O3. The van der Waals surface area contributed by atoms with E-state index < -0.39 is 6.09 Å². The number of nitrogens with zero attached hydrogens (tertiary/aromatic N) is 1. The van der Waals surface area contributed by atoms with E-state index in [1.807, 2.05) is 19.9 Å². The first-order valence-electron chi connectivity index (χ1n) is 6.14. The average molecular weight is 264 g/mol. The van der Waals surface area contributed by atoms with Crippen molar-refractivity contribution < 1.29 is 14.3 Å². The van der Waals surface area contributed by atoms with Crippen LogP contribution >= 0.6 is 0 Å². The van der Waals surface area contributed by atoms with Gasteiger partial charge in [0.05, 0.1) is 13.1 Å². The second kappa shape index (κ2) is 6.78. The highest BCUT2D eigenvalue weighted by Gasteiger charge is 2.32. The molecule has 1 N–H and O–H groups in total. The molecule has 1 unspecified atom stereocenters. The van der Waals surface area contributed by atoms with Crippen LogP contribution in [0.25, 0.3) is 0 Å². The zero-order valence-corrected chi connectivity index (χ0v) is 11.6. The molecule has 1 rings (SSSR count). The minimum Gasteiger partial charge on any atom is -0.442 e. The standard InChI is InChI=1S/C14H20N2O3/c1-5-6-12(7-10(2)3)16-9-13(19-14(16)18)8-15-11(4)17/h5-7,13H,1,8-9H2,2-4H3,(H,15,17). The van der Waals surface area contributed by atoms with Gasteiger partial charge in [-0.15, -0.1) is 0 Å². The molecule has 104 valence electrons. The Bertz CT molecular complexity index is 434. The largest absolute Gasteiger partial charge is 0.442 e. The molecule has 0 aromatic carbocycles. The van der Waals surface area contributed by atoms with Gasteiger partial charge in [0.15, 0.2) is 0 Å². The fraction of sp³-hybridized carbons (Fsp3) is 0.429. The fourth-order valence-corrected chi connectivity index (χ4v) is 1.73. The smallest absolute Gasteiger partial charge is 0.414 e.